The molecular formula is C13H11BrCl2N2O. The topological polar surface area (TPSA) is 45.8 Å². The Kier molecular flexibility index (Phi) is 4.33. The van der Waals surface area contributed by atoms with E-state index in [1.54, 1.807) is 18.2 Å². The highest BCUT2D eigenvalue weighted by Gasteiger charge is 2.15. The zero-order chi connectivity index (χ0) is 14.2. The van der Waals surface area contributed by atoms with Gasteiger partial charge in [0.15, 0.2) is 0 Å². The maximum absolute atomic E-state index is 11.9. The van der Waals surface area contributed by atoms with Crippen molar-refractivity contribution in [1.82, 2.24) is 9.97 Å². The second-order valence-corrected chi connectivity index (χ2v) is 5.95. The number of H-pyrrole nitrogens is 1. The first-order valence-corrected chi connectivity index (χ1v) is 7.20. The van der Waals surface area contributed by atoms with Crippen LogP contribution in [0.15, 0.2) is 27.5 Å². The number of rotatable bonds is 2. The van der Waals surface area contributed by atoms with Crippen LogP contribution in [0.3, 0.4) is 0 Å². The zero-order valence-corrected chi connectivity index (χ0v) is 13.4. The number of hydrogen-bond acceptors (Lipinski definition) is 2. The summed E-state index contributed by atoms with van der Waals surface area (Å²) in [4.78, 5) is 19.1. The molecule has 2 rings (SSSR count). The summed E-state index contributed by atoms with van der Waals surface area (Å²) < 4.78 is 0.449. The van der Waals surface area contributed by atoms with E-state index in [1.165, 1.54) is 0 Å². The van der Waals surface area contributed by atoms with Crippen molar-refractivity contribution in [1.29, 1.82) is 0 Å². The lowest BCUT2D eigenvalue weighted by Gasteiger charge is -2.10. The van der Waals surface area contributed by atoms with Crippen molar-refractivity contribution in [2.45, 2.75) is 19.8 Å². The summed E-state index contributed by atoms with van der Waals surface area (Å²) in [7, 11) is 0. The van der Waals surface area contributed by atoms with Crippen LogP contribution in [0.4, 0.5) is 0 Å². The summed E-state index contributed by atoms with van der Waals surface area (Å²) in [5, 5.41) is 0.806. The molecule has 0 spiro atoms. The Morgan fingerprint density at radius 3 is 2.63 bits per heavy atom. The van der Waals surface area contributed by atoms with Crippen molar-refractivity contribution in [2.24, 2.45) is 0 Å². The van der Waals surface area contributed by atoms with Gasteiger partial charge in [-0.2, -0.15) is 0 Å². The van der Waals surface area contributed by atoms with Gasteiger partial charge in [-0.15, -0.1) is 0 Å². The van der Waals surface area contributed by atoms with Crippen LogP contribution >= 0.6 is 39.1 Å². The molecular weight excluding hydrogens is 351 g/mol. The highest BCUT2D eigenvalue weighted by molar-refractivity contribution is 9.10. The molecule has 6 heteroatoms. The number of aromatic amines is 1. The first kappa shape index (κ1) is 14.6. The van der Waals surface area contributed by atoms with Gasteiger partial charge in [-0.3, -0.25) is 4.79 Å². The average molecular weight is 362 g/mol. The van der Waals surface area contributed by atoms with Gasteiger partial charge in [0.1, 0.15) is 10.3 Å². The van der Waals surface area contributed by atoms with Crippen LogP contribution in [0.1, 0.15) is 25.5 Å². The van der Waals surface area contributed by atoms with Crippen LogP contribution in [0.5, 0.6) is 0 Å². The molecule has 0 saturated heterocycles. The fourth-order valence-electron chi connectivity index (χ4n) is 1.67. The Morgan fingerprint density at radius 1 is 1.32 bits per heavy atom. The molecule has 19 heavy (non-hydrogen) atoms. The van der Waals surface area contributed by atoms with E-state index in [4.69, 9.17) is 23.2 Å². The van der Waals surface area contributed by atoms with Crippen molar-refractivity contribution in [3.63, 3.8) is 0 Å². The third-order valence-electron chi connectivity index (χ3n) is 2.64. The molecule has 3 nitrogen and oxygen atoms in total. The first-order chi connectivity index (χ1) is 8.91. The van der Waals surface area contributed by atoms with E-state index >= 15 is 0 Å². The minimum Gasteiger partial charge on any atom is -0.305 e. The van der Waals surface area contributed by atoms with Gasteiger partial charge in [0, 0.05) is 5.56 Å². The molecule has 1 aromatic heterocycles. The van der Waals surface area contributed by atoms with E-state index in [0.29, 0.717) is 31.6 Å². The van der Waals surface area contributed by atoms with Crippen molar-refractivity contribution < 1.29 is 0 Å². The molecule has 0 aliphatic carbocycles. The van der Waals surface area contributed by atoms with Gasteiger partial charge in [0.2, 0.25) is 0 Å². The number of aromatic nitrogens is 2. The predicted octanol–water partition coefficient (Wildman–Crippen LogP) is 4.63. The molecule has 2 aromatic rings. The highest BCUT2D eigenvalue weighted by Crippen LogP contribution is 2.32. The second kappa shape index (κ2) is 5.65. The van der Waals surface area contributed by atoms with Crippen LogP contribution < -0.4 is 5.56 Å². The molecule has 0 radical (unpaired) electrons. The number of nitrogens with zero attached hydrogens (tertiary/aromatic N) is 1. The van der Waals surface area contributed by atoms with Crippen LogP contribution in [0.25, 0.3) is 11.4 Å². The van der Waals surface area contributed by atoms with Gasteiger partial charge in [0.05, 0.1) is 15.7 Å². The summed E-state index contributed by atoms with van der Waals surface area (Å²) >= 11 is 15.4. The summed E-state index contributed by atoms with van der Waals surface area (Å²) in [5.74, 6) is 0.540. The summed E-state index contributed by atoms with van der Waals surface area (Å²) in [6.45, 7) is 3.94. The van der Waals surface area contributed by atoms with Gasteiger partial charge < -0.3 is 4.98 Å². The summed E-state index contributed by atoms with van der Waals surface area (Å²) in [6.07, 6.45) is 0. The fourth-order valence-corrected chi connectivity index (χ4v) is 2.71. The Morgan fingerprint density at radius 2 is 2.00 bits per heavy atom. The third-order valence-corrected chi connectivity index (χ3v) is 4.23. The fraction of sp³-hybridized carbons (Fsp3) is 0.231. The van der Waals surface area contributed by atoms with Gasteiger partial charge in [-0.25, -0.2) is 4.98 Å². The third kappa shape index (κ3) is 2.86. The summed E-state index contributed by atoms with van der Waals surface area (Å²) in [6, 6.07) is 5.22. The molecule has 1 heterocycles. The minimum absolute atomic E-state index is 0.119. The molecule has 0 amide bonds. The molecule has 0 bridgehead atoms. The van der Waals surface area contributed by atoms with Crippen molar-refractivity contribution in [3.05, 3.63) is 48.8 Å². The lowest BCUT2D eigenvalue weighted by molar-refractivity contribution is 0.803. The Balaban J connectivity index is 2.70. The molecule has 0 aliphatic heterocycles. The Bertz CT molecular complexity index is 683. The van der Waals surface area contributed by atoms with E-state index in [-0.39, 0.29) is 11.5 Å². The van der Waals surface area contributed by atoms with Gasteiger partial charge in [-0.05, 0) is 34.0 Å². The van der Waals surface area contributed by atoms with Crippen molar-refractivity contribution >= 4 is 39.1 Å². The number of halogens is 3. The van der Waals surface area contributed by atoms with E-state index in [2.05, 4.69) is 25.9 Å². The van der Waals surface area contributed by atoms with E-state index in [1.807, 2.05) is 13.8 Å². The SMILES string of the molecule is CC(C)c1nc(-c2cccc(Cl)c2Cl)[nH]c(=O)c1Br. The molecule has 0 atom stereocenters. The van der Waals surface area contributed by atoms with Crippen LogP contribution in [-0.2, 0) is 0 Å². The first-order valence-electron chi connectivity index (χ1n) is 5.66. The lowest BCUT2D eigenvalue weighted by Crippen LogP contribution is -2.14. The Labute approximate surface area is 129 Å². The highest BCUT2D eigenvalue weighted by atomic mass is 79.9. The van der Waals surface area contributed by atoms with E-state index in [9.17, 15) is 4.79 Å². The predicted molar refractivity (Wildman–Crippen MR) is 82.1 cm³/mol. The van der Waals surface area contributed by atoms with Crippen LogP contribution in [0, 0.1) is 0 Å². The van der Waals surface area contributed by atoms with Crippen LogP contribution in [0.2, 0.25) is 10.0 Å². The number of nitrogens with one attached hydrogen (secondary N) is 1. The zero-order valence-electron chi connectivity index (χ0n) is 10.3. The van der Waals surface area contributed by atoms with Gasteiger partial charge >= 0.3 is 0 Å². The molecule has 1 N–H and O–H groups in total. The van der Waals surface area contributed by atoms with Crippen LogP contribution in [-0.4, -0.2) is 9.97 Å². The normalized spacial score (nSPS) is 11.1. The molecule has 0 saturated carbocycles. The van der Waals surface area contributed by atoms with Gasteiger partial charge in [-0.1, -0.05) is 43.1 Å². The Hall–Kier alpha value is -0.840. The standard InChI is InChI=1S/C13H11BrCl2N2O/c1-6(2)11-9(14)13(19)18-12(17-11)7-4-3-5-8(15)10(7)16/h3-6H,1-2H3,(H,17,18,19). The second-order valence-electron chi connectivity index (χ2n) is 4.37. The quantitative estimate of drug-likeness (QED) is 0.847. The minimum atomic E-state index is -0.232. The average Bonchev–Trinajstić information content (AvgIpc) is 2.35. The molecule has 0 aliphatic rings. The number of benzene rings is 1. The summed E-state index contributed by atoms with van der Waals surface area (Å²) in [5.41, 5.74) is 1.07. The monoisotopic (exact) mass is 360 g/mol. The molecule has 100 valence electrons. The smallest absolute Gasteiger partial charge is 0.265 e. The van der Waals surface area contributed by atoms with Gasteiger partial charge in [0.25, 0.3) is 5.56 Å². The van der Waals surface area contributed by atoms with E-state index in [0.717, 1.165) is 0 Å². The van der Waals surface area contributed by atoms with E-state index < -0.39 is 0 Å². The molecule has 0 fully saturated rings. The maximum atomic E-state index is 11.9. The maximum Gasteiger partial charge on any atom is 0.265 e. The molecule has 1 aromatic carbocycles. The largest absolute Gasteiger partial charge is 0.305 e. The van der Waals surface area contributed by atoms with Crippen molar-refractivity contribution in [2.75, 3.05) is 0 Å². The molecule has 0 unspecified atom stereocenters. The number of hydrogen-bond donors (Lipinski definition) is 1. The lowest BCUT2D eigenvalue weighted by atomic mass is 10.1. The van der Waals surface area contributed by atoms with Crippen molar-refractivity contribution in [3.8, 4) is 11.4 Å².